The summed E-state index contributed by atoms with van der Waals surface area (Å²) in [6.07, 6.45) is 7.18. The summed E-state index contributed by atoms with van der Waals surface area (Å²) in [6.45, 7) is 6.63. The van der Waals surface area contributed by atoms with Gasteiger partial charge in [0, 0.05) is 24.3 Å². The van der Waals surface area contributed by atoms with Crippen LogP contribution in [0.25, 0.3) is 0 Å². The molecule has 1 aromatic carbocycles. The molecule has 5 rings (SSSR count). The minimum Gasteiger partial charge on any atom is -0.307 e. The van der Waals surface area contributed by atoms with Gasteiger partial charge in [-0.25, -0.2) is 9.52 Å². The standard InChI is InChI=1S/C23H31N5O3S/c1-15(2)28-18(14-27-10-5-11-27)13-21(25-28)32(30,31)26-23(29)24-22-19-8-3-6-16(19)12-17-7-4-9-20(17)22/h12-13,15H,3-11,14H2,1-2H3,(H2,24,26,29). The Morgan fingerprint density at radius 3 is 2.25 bits per heavy atom. The minimum atomic E-state index is -4.08. The number of amides is 2. The lowest BCUT2D eigenvalue weighted by Gasteiger charge is -2.30. The number of fused-ring (bicyclic) bond motifs is 2. The van der Waals surface area contributed by atoms with Gasteiger partial charge in [-0.05, 0) is 94.1 Å². The SMILES string of the molecule is CC(C)n1nc(S(=O)(=O)NC(=O)Nc2c3c(cc4c2CCC4)CCC3)cc1CN1CCC1. The maximum Gasteiger partial charge on any atom is 0.333 e. The third-order valence-corrected chi connectivity index (χ3v) is 8.03. The molecule has 2 amide bonds. The number of carbonyl (C=O) groups is 1. The molecule has 8 nitrogen and oxygen atoms in total. The van der Waals surface area contributed by atoms with Gasteiger partial charge in [0.25, 0.3) is 10.0 Å². The van der Waals surface area contributed by atoms with Crippen molar-refractivity contribution in [2.75, 3.05) is 18.4 Å². The first-order valence-electron chi connectivity index (χ1n) is 11.6. The number of rotatable bonds is 6. The number of anilines is 1. The fourth-order valence-corrected chi connectivity index (χ4v) is 6.04. The van der Waals surface area contributed by atoms with Crippen LogP contribution in [0.3, 0.4) is 0 Å². The molecular weight excluding hydrogens is 426 g/mol. The van der Waals surface area contributed by atoms with E-state index >= 15 is 0 Å². The van der Waals surface area contributed by atoms with Crippen molar-refractivity contribution in [2.45, 2.75) is 76.4 Å². The molecule has 0 bridgehead atoms. The number of hydrogen-bond acceptors (Lipinski definition) is 5. The van der Waals surface area contributed by atoms with Crippen LogP contribution in [-0.4, -0.2) is 42.2 Å². The molecule has 1 aromatic heterocycles. The van der Waals surface area contributed by atoms with E-state index in [0.29, 0.717) is 6.54 Å². The third kappa shape index (κ3) is 3.92. The highest BCUT2D eigenvalue weighted by molar-refractivity contribution is 7.90. The molecule has 9 heteroatoms. The molecule has 1 aliphatic heterocycles. The minimum absolute atomic E-state index is 0.0264. The number of sulfonamides is 1. The van der Waals surface area contributed by atoms with E-state index in [1.165, 1.54) is 22.3 Å². The number of aromatic nitrogens is 2. The second-order valence-corrected chi connectivity index (χ2v) is 11.1. The van der Waals surface area contributed by atoms with Crippen molar-refractivity contribution in [3.63, 3.8) is 0 Å². The van der Waals surface area contributed by atoms with E-state index in [4.69, 9.17) is 0 Å². The summed E-state index contributed by atoms with van der Waals surface area (Å²) in [5.41, 5.74) is 6.58. The molecule has 0 spiro atoms. The van der Waals surface area contributed by atoms with Gasteiger partial charge >= 0.3 is 6.03 Å². The van der Waals surface area contributed by atoms with E-state index in [9.17, 15) is 13.2 Å². The van der Waals surface area contributed by atoms with E-state index in [2.05, 4.69) is 26.1 Å². The molecule has 0 atom stereocenters. The summed E-state index contributed by atoms with van der Waals surface area (Å²) in [5.74, 6) is 0. The predicted octanol–water partition coefficient (Wildman–Crippen LogP) is 3.16. The molecule has 0 radical (unpaired) electrons. The van der Waals surface area contributed by atoms with Gasteiger partial charge in [0.1, 0.15) is 0 Å². The Labute approximate surface area is 189 Å². The van der Waals surface area contributed by atoms with Crippen LogP contribution in [0.5, 0.6) is 0 Å². The molecule has 0 unspecified atom stereocenters. The summed E-state index contributed by atoms with van der Waals surface area (Å²) in [6, 6.07) is 3.18. The van der Waals surface area contributed by atoms with Gasteiger partial charge in [0.05, 0.1) is 5.69 Å². The molecule has 1 fully saturated rings. The third-order valence-electron chi connectivity index (χ3n) is 6.83. The zero-order chi connectivity index (χ0) is 22.5. The number of likely N-dealkylation sites (tertiary alicyclic amines) is 1. The average Bonchev–Trinajstić information content (AvgIpc) is 3.42. The quantitative estimate of drug-likeness (QED) is 0.695. The van der Waals surface area contributed by atoms with Gasteiger partial charge < -0.3 is 5.32 Å². The number of nitrogens with zero attached hydrogens (tertiary/aromatic N) is 3. The number of hydrogen-bond donors (Lipinski definition) is 2. The van der Waals surface area contributed by atoms with Crippen LogP contribution in [0.2, 0.25) is 0 Å². The highest BCUT2D eigenvalue weighted by atomic mass is 32.2. The molecular formula is C23H31N5O3S. The Hall–Kier alpha value is -2.39. The summed E-state index contributed by atoms with van der Waals surface area (Å²) in [5, 5.41) is 7.11. The Kier molecular flexibility index (Phi) is 5.49. The zero-order valence-corrected chi connectivity index (χ0v) is 19.6. The highest BCUT2D eigenvalue weighted by Gasteiger charge is 2.28. The second-order valence-electron chi connectivity index (χ2n) is 9.44. The predicted molar refractivity (Wildman–Crippen MR) is 122 cm³/mol. The van der Waals surface area contributed by atoms with E-state index < -0.39 is 16.1 Å². The van der Waals surface area contributed by atoms with Crippen LogP contribution in [-0.2, 0) is 42.3 Å². The lowest BCUT2D eigenvalue weighted by Crippen LogP contribution is -2.37. The number of carbonyl (C=O) groups excluding carboxylic acids is 1. The molecule has 2 heterocycles. The molecule has 2 aliphatic carbocycles. The fourth-order valence-electron chi connectivity index (χ4n) is 5.15. The van der Waals surface area contributed by atoms with Crippen molar-refractivity contribution in [1.29, 1.82) is 0 Å². The summed E-state index contributed by atoms with van der Waals surface area (Å²) >= 11 is 0. The molecule has 0 saturated carbocycles. The van der Waals surface area contributed by atoms with Crippen LogP contribution in [0.15, 0.2) is 17.2 Å². The summed E-state index contributed by atoms with van der Waals surface area (Å²) < 4.78 is 29.9. The summed E-state index contributed by atoms with van der Waals surface area (Å²) in [7, 11) is -4.08. The van der Waals surface area contributed by atoms with Gasteiger partial charge in [-0.15, -0.1) is 0 Å². The maximum atomic E-state index is 13.0. The first kappa shape index (κ1) is 21.5. The largest absolute Gasteiger partial charge is 0.333 e. The maximum absolute atomic E-state index is 13.0. The van der Waals surface area contributed by atoms with Crippen LogP contribution in [0.4, 0.5) is 10.5 Å². The van der Waals surface area contributed by atoms with E-state index in [-0.39, 0.29) is 11.1 Å². The number of nitrogens with one attached hydrogen (secondary N) is 2. The first-order valence-corrected chi connectivity index (χ1v) is 13.1. The van der Waals surface area contributed by atoms with Gasteiger partial charge in [-0.2, -0.15) is 13.5 Å². The second kappa shape index (κ2) is 8.19. The van der Waals surface area contributed by atoms with E-state index in [1.54, 1.807) is 10.7 Å². The lowest BCUT2D eigenvalue weighted by atomic mass is 9.99. The smallest absolute Gasteiger partial charge is 0.307 e. The van der Waals surface area contributed by atoms with Gasteiger partial charge in [-0.3, -0.25) is 9.58 Å². The molecule has 32 heavy (non-hydrogen) atoms. The number of urea groups is 1. The topological polar surface area (TPSA) is 96.3 Å². The van der Waals surface area contributed by atoms with Crippen molar-refractivity contribution in [1.82, 2.24) is 19.4 Å². The molecule has 2 N–H and O–H groups in total. The Morgan fingerprint density at radius 2 is 1.69 bits per heavy atom. The lowest BCUT2D eigenvalue weighted by molar-refractivity contribution is 0.166. The average molecular weight is 458 g/mol. The van der Waals surface area contributed by atoms with Gasteiger partial charge in [0.15, 0.2) is 5.03 Å². The van der Waals surface area contributed by atoms with E-state index in [0.717, 1.165) is 69.4 Å². The van der Waals surface area contributed by atoms with Crippen molar-refractivity contribution >= 4 is 21.7 Å². The highest BCUT2D eigenvalue weighted by Crippen LogP contribution is 2.38. The normalized spacial score (nSPS) is 17.8. The molecule has 172 valence electrons. The van der Waals surface area contributed by atoms with Crippen molar-refractivity contribution in [3.05, 3.63) is 40.1 Å². The van der Waals surface area contributed by atoms with Crippen molar-refractivity contribution in [2.24, 2.45) is 0 Å². The molecule has 3 aliphatic rings. The fraction of sp³-hybridized carbons (Fsp3) is 0.565. The van der Waals surface area contributed by atoms with Crippen molar-refractivity contribution < 1.29 is 13.2 Å². The van der Waals surface area contributed by atoms with E-state index in [1.807, 2.05) is 13.8 Å². The monoisotopic (exact) mass is 457 g/mol. The van der Waals surface area contributed by atoms with Gasteiger partial charge in [-0.1, -0.05) is 6.07 Å². The number of benzene rings is 1. The Morgan fingerprint density at radius 1 is 1.03 bits per heavy atom. The van der Waals surface area contributed by atoms with Crippen LogP contribution in [0, 0.1) is 0 Å². The Balaban J connectivity index is 1.37. The molecule has 1 saturated heterocycles. The first-order chi connectivity index (χ1) is 15.3. The Bertz CT molecular complexity index is 1130. The number of aryl methyl sites for hydroxylation is 2. The van der Waals surface area contributed by atoms with Crippen LogP contribution >= 0.6 is 0 Å². The van der Waals surface area contributed by atoms with Crippen molar-refractivity contribution in [3.8, 4) is 0 Å². The molecule has 2 aromatic rings. The zero-order valence-electron chi connectivity index (χ0n) is 18.8. The van der Waals surface area contributed by atoms with Crippen LogP contribution in [0.1, 0.15) is 67.1 Å². The summed E-state index contributed by atoms with van der Waals surface area (Å²) in [4.78, 5) is 15.1. The van der Waals surface area contributed by atoms with Crippen LogP contribution < -0.4 is 10.0 Å². The van der Waals surface area contributed by atoms with Gasteiger partial charge in [0.2, 0.25) is 0 Å².